The van der Waals surface area contributed by atoms with Crippen LogP contribution in [-0.2, 0) is 6.54 Å². The van der Waals surface area contributed by atoms with Crippen molar-refractivity contribution in [3.63, 3.8) is 0 Å². The van der Waals surface area contributed by atoms with Crippen LogP contribution in [0.3, 0.4) is 0 Å². The molecule has 0 radical (unpaired) electrons. The maximum absolute atomic E-state index is 10.6. The van der Waals surface area contributed by atoms with Gasteiger partial charge in [-0.2, -0.15) is 5.26 Å². The summed E-state index contributed by atoms with van der Waals surface area (Å²) >= 11 is 0. The number of fused-ring (bicyclic) bond motifs is 2. The van der Waals surface area contributed by atoms with E-state index in [9.17, 15) is 5.11 Å². The van der Waals surface area contributed by atoms with Crippen LogP contribution in [0.4, 0.5) is 0 Å². The number of piperidine rings is 2. The molecule has 2 aliphatic heterocycles. The molecular weight excluding hydrogens is 248 g/mol. The molecule has 1 aromatic carbocycles. The molecule has 1 aromatic rings. The van der Waals surface area contributed by atoms with Gasteiger partial charge in [-0.05, 0) is 31.2 Å². The zero-order chi connectivity index (χ0) is 14.0. The summed E-state index contributed by atoms with van der Waals surface area (Å²) in [6.45, 7) is 0.971. The fraction of sp³-hybridized carbons (Fsp3) is 0.588. The molecule has 0 amide bonds. The average Bonchev–Trinajstić information content (AvgIpc) is 2.41. The molecule has 2 bridgehead atoms. The van der Waals surface area contributed by atoms with Gasteiger partial charge in [0, 0.05) is 18.6 Å². The molecule has 2 unspecified atom stereocenters. The van der Waals surface area contributed by atoms with Gasteiger partial charge in [0.1, 0.15) is 0 Å². The topological polar surface area (TPSA) is 47.3 Å². The second-order valence-electron chi connectivity index (χ2n) is 6.36. The first-order valence-electron chi connectivity index (χ1n) is 7.59. The van der Waals surface area contributed by atoms with Gasteiger partial charge in [0.05, 0.1) is 18.1 Å². The Morgan fingerprint density at radius 1 is 1.20 bits per heavy atom. The molecule has 20 heavy (non-hydrogen) atoms. The Bertz CT molecular complexity index is 479. The van der Waals surface area contributed by atoms with E-state index >= 15 is 0 Å². The van der Waals surface area contributed by atoms with Crippen LogP contribution in [0.5, 0.6) is 0 Å². The fourth-order valence-electron chi connectivity index (χ4n) is 3.96. The van der Waals surface area contributed by atoms with Crippen LogP contribution in [0, 0.1) is 11.3 Å². The Balaban J connectivity index is 1.75. The monoisotopic (exact) mass is 270 g/mol. The molecule has 3 heteroatoms. The van der Waals surface area contributed by atoms with Gasteiger partial charge in [0.15, 0.2) is 0 Å². The molecule has 0 aliphatic carbocycles. The van der Waals surface area contributed by atoms with Crippen LogP contribution >= 0.6 is 0 Å². The standard InChI is InChI=1S/C17H22N2O/c18-10-9-17(20)11-15-7-4-8-16(12-17)19(15)13-14-5-2-1-3-6-14/h1-3,5-6,15-16,20H,4,7-9,11-13H2. The Hall–Kier alpha value is -1.37. The van der Waals surface area contributed by atoms with Crippen molar-refractivity contribution in [3.05, 3.63) is 35.9 Å². The van der Waals surface area contributed by atoms with Crippen molar-refractivity contribution >= 4 is 0 Å². The normalized spacial score (nSPS) is 33.6. The molecule has 0 spiro atoms. The minimum Gasteiger partial charge on any atom is -0.389 e. The smallest absolute Gasteiger partial charge is 0.0806 e. The summed E-state index contributed by atoms with van der Waals surface area (Å²) in [5.41, 5.74) is 0.590. The first kappa shape index (κ1) is 13.6. The quantitative estimate of drug-likeness (QED) is 0.918. The summed E-state index contributed by atoms with van der Waals surface area (Å²) in [6, 6.07) is 13.6. The van der Waals surface area contributed by atoms with E-state index in [1.165, 1.54) is 12.0 Å². The lowest BCUT2D eigenvalue weighted by atomic mass is 9.74. The summed E-state index contributed by atoms with van der Waals surface area (Å²) in [5, 5.41) is 19.5. The van der Waals surface area contributed by atoms with Crippen molar-refractivity contribution in [2.45, 2.75) is 62.8 Å². The van der Waals surface area contributed by atoms with Crippen LogP contribution in [0.25, 0.3) is 0 Å². The van der Waals surface area contributed by atoms with E-state index in [1.807, 2.05) is 6.07 Å². The van der Waals surface area contributed by atoms with E-state index in [0.717, 1.165) is 32.2 Å². The predicted octanol–water partition coefficient (Wildman–Crippen LogP) is 2.85. The van der Waals surface area contributed by atoms with Crippen LogP contribution in [0.15, 0.2) is 30.3 Å². The zero-order valence-electron chi connectivity index (χ0n) is 11.8. The third-order valence-electron chi connectivity index (χ3n) is 4.86. The second-order valence-corrected chi connectivity index (χ2v) is 6.36. The van der Waals surface area contributed by atoms with E-state index < -0.39 is 5.60 Å². The molecule has 1 N–H and O–H groups in total. The average molecular weight is 270 g/mol. The van der Waals surface area contributed by atoms with Gasteiger partial charge in [-0.25, -0.2) is 0 Å². The highest BCUT2D eigenvalue weighted by Crippen LogP contribution is 2.41. The molecule has 2 saturated heterocycles. The highest BCUT2D eigenvalue weighted by atomic mass is 16.3. The molecule has 106 valence electrons. The first-order chi connectivity index (χ1) is 9.70. The van der Waals surface area contributed by atoms with Crippen molar-refractivity contribution < 1.29 is 5.11 Å². The van der Waals surface area contributed by atoms with E-state index in [-0.39, 0.29) is 6.42 Å². The molecule has 3 rings (SSSR count). The minimum absolute atomic E-state index is 0.277. The Morgan fingerprint density at radius 2 is 1.85 bits per heavy atom. The second kappa shape index (κ2) is 5.55. The summed E-state index contributed by atoms with van der Waals surface area (Å²) < 4.78 is 0. The lowest BCUT2D eigenvalue weighted by molar-refractivity contribution is -0.0924. The Kier molecular flexibility index (Phi) is 3.78. The molecule has 2 atom stereocenters. The first-order valence-corrected chi connectivity index (χ1v) is 7.59. The summed E-state index contributed by atoms with van der Waals surface area (Å²) in [6.07, 6.45) is 5.34. The van der Waals surface area contributed by atoms with Gasteiger partial charge < -0.3 is 5.11 Å². The molecule has 2 aliphatic rings. The Morgan fingerprint density at radius 3 is 2.45 bits per heavy atom. The third kappa shape index (κ3) is 2.72. The zero-order valence-corrected chi connectivity index (χ0v) is 11.8. The number of benzene rings is 1. The molecule has 2 heterocycles. The number of nitrogens with zero attached hydrogens (tertiary/aromatic N) is 2. The molecule has 3 nitrogen and oxygen atoms in total. The van der Waals surface area contributed by atoms with E-state index in [0.29, 0.717) is 12.1 Å². The van der Waals surface area contributed by atoms with Crippen molar-refractivity contribution in [3.8, 4) is 6.07 Å². The molecule has 0 saturated carbocycles. The van der Waals surface area contributed by atoms with Crippen LogP contribution in [0.2, 0.25) is 0 Å². The summed E-state index contributed by atoms with van der Waals surface area (Å²) in [7, 11) is 0. The molecule has 2 fully saturated rings. The van der Waals surface area contributed by atoms with Gasteiger partial charge >= 0.3 is 0 Å². The van der Waals surface area contributed by atoms with Crippen LogP contribution in [-0.4, -0.2) is 27.7 Å². The Labute approximate surface area is 120 Å². The van der Waals surface area contributed by atoms with Crippen LogP contribution < -0.4 is 0 Å². The number of aliphatic hydroxyl groups is 1. The van der Waals surface area contributed by atoms with Gasteiger partial charge in [-0.3, -0.25) is 4.90 Å². The molecule has 0 aromatic heterocycles. The van der Waals surface area contributed by atoms with Crippen molar-refractivity contribution in [1.29, 1.82) is 5.26 Å². The highest BCUT2D eigenvalue weighted by molar-refractivity contribution is 5.16. The fourth-order valence-corrected chi connectivity index (χ4v) is 3.96. The lowest BCUT2D eigenvalue weighted by Crippen LogP contribution is -2.57. The van der Waals surface area contributed by atoms with Crippen molar-refractivity contribution in [2.75, 3.05) is 0 Å². The summed E-state index contributed by atoms with van der Waals surface area (Å²) in [5.74, 6) is 0. The maximum Gasteiger partial charge on any atom is 0.0806 e. The highest BCUT2D eigenvalue weighted by Gasteiger charge is 2.45. The SMILES string of the molecule is N#CCC1(O)CC2CCCC(C1)N2Cc1ccccc1. The maximum atomic E-state index is 10.6. The largest absolute Gasteiger partial charge is 0.389 e. The number of hydrogen-bond acceptors (Lipinski definition) is 3. The van der Waals surface area contributed by atoms with Gasteiger partial charge in [0.2, 0.25) is 0 Å². The van der Waals surface area contributed by atoms with E-state index in [2.05, 4.69) is 35.2 Å². The van der Waals surface area contributed by atoms with Crippen LogP contribution in [0.1, 0.15) is 44.1 Å². The predicted molar refractivity (Wildman–Crippen MR) is 77.8 cm³/mol. The minimum atomic E-state index is -0.752. The van der Waals surface area contributed by atoms with Gasteiger partial charge in [-0.15, -0.1) is 0 Å². The number of rotatable bonds is 3. The van der Waals surface area contributed by atoms with Crippen molar-refractivity contribution in [2.24, 2.45) is 0 Å². The number of hydrogen-bond donors (Lipinski definition) is 1. The molecular formula is C17H22N2O. The van der Waals surface area contributed by atoms with E-state index in [1.54, 1.807) is 0 Å². The van der Waals surface area contributed by atoms with Gasteiger partial charge in [-0.1, -0.05) is 36.8 Å². The van der Waals surface area contributed by atoms with Crippen molar-refractivity contribution in [1.82, 2.24) is 4.90 Å². The van der Waals surface area contributed by atoms with E-state index in [4.69, 9.17) is 5.26 Å². The number of nitriles is 1. The lowest BCUT2D eigenvalue weighted by Gasteiger charge is -2.51. The van der Waals surface area contributed by atoms with Gasteiger partial charge in [0.25, 0.3) is 0 Å². The summed E-state index contributed by atoms with van der Waals surface area (Å²) in [4.78, 5) is 2.56. The third-order valence-corrected chi connectivity index (χ3v) is 4.86.